The van der Waals surface area contributed by atoms with E-state index in [9.17, 15) is 14.9 Å². The Balaban J connectivity index is 3.28. The molecule has 0 radical (unpaired) electrons. The molecule has 0 atom stereocenters. The van der Waals surface area contributed by atoms with Crippen LogP contribution < -0.4 is 11.3 Å². The minimum absolute atomic E-state index is 0.319. The van der Waals surface area contributed by atoms with Crippen LogP contribution in [0.1, 0.15) is 10.5 Å². The SMILES string of the molecule is NNC(=O)c1ncc(Br)cc1[N+](=O)[O-]. The predicted octanol–water partition coefficient (Wildman–Crippen LogP) is 0.356. The molecular formula is C6H5BrN4O3. The summed E-state index contributed by atoms with van der Waals surface area (Å²) in [5.74, 6) is 4.04. The number of hydrogen-bond acceptors (Lipinski definition) is 5. The number of nitro groups is 1. The Kier molecular flexibility index (Phi) is 3.10. The van der Waals surface area contributed by atoms with Crippen molar-refractivity contribution < 1.29 is 9.72 Å². The molecule has 0 aromatic carbocycles. The van der Waals surface area contributed by atoms with Crippen LogP contribution in [0, 0.1) is 10.1 Å². The molecule has 1 aromatic heterocycles. The molecule has 3 N–H and O–H groups in total. The molecule has 0 saturated heterocycles. The normalized spacial score (nSPS) is 9.57. The quantitative estimate of drug-likeness (QED) is 0.345. The van der Waals surface area contributed by atoms with Gasteiger partial charge >= 0.3 is 5.69 Å². The van der Waals surface area contributed by atoms with Gasteiger partial charge in [0.15, 0.2) is 0 Å². The minimum Gasteiger partial charge on any atom is -0.289 e. The smallest absolute Gasteiger partial charge is 0.289 e. The molecule has 7 nitrogen and oxygen atoms in total. The van der Waals surface area contributed by atoms with Crippen molar-refractivity contribution in [3.8, 4) is 0 Å². The highest BCUT2D eigenvalue weighted by molar-refractivity contribution is 9.10. The van der Waals surface area contributed by atoms with Crippen molar-refractivity contribution in [3.05, 3.63) is 32.5 Å². The number of nitrogens with two attached hydrogens (primary N) is 1. The van der Waals surface area contributed by atoms with Crippen molar-refractivity contribution in [2.75, 3.05) is 0 Å². The highest BCUT2D eigenvalue weighted by atomic mass is 79.9. The van der Waals surface area contributed by atoms with Gasteiger partial charge in [-0.3, -0.25) is 20.3 Å². The molecule has 14 heavy (non-hydrogen) atoms. The fraction of sp³-hybridized carbons (Fsp3) is 0. The zero-order valence-corrected chi connectivity index (χ0v) is 8.32. The highest BCUT2D eigenvalue weighted by Gasteiger charge is 2.21. The Morgan fingerprint density at radius 1 is 1.71 bits per heavy atom. The lowest BCUT2D eigenvalue weighted by Crippen LogP contribution is -2.31. The molecule has 0 aliphatic carbocycles. The van der Waals surface area contributed by atoms with Gasteiger partial charge in [0.25, 0.3) is 5.91 Å². The maximum absolute atomic E-state index is 11.0. The van der Waals surface area contributed by atoms with E-state index in [4.69, 9.17) is 5.84 Å². The summed E-state index contributed by atoms with van der Waals surface area (Å²) in [6, 6.07) is 1.18. The van der Waals surface area contributed by atoms with Gasteiger partial charge in [-0.15, -0.1) is 0 Å². The summed E-state index contributed by atoms with van der Waals surface area (Å²) in [6.07, 6.45) is 1.28. The topological polar surface area (TPSA) is 111 Å². The first kappa shape index (κ1) is 10.5. The summed E-state index contributed by atoms with van der Waals surface area (Å²) >= 11 is 3.01. The lowest BCUT2D eigenvalue weighted by atomic mass is 10.3. The second-order valence-corrected chi connectivity index (χ2v) is 3.17. The van der Waals surface area contributed by atoms with E-state index < -0.39 is 16.5 Å². The van der Waals surface area contributed by atoms with E-state index in [0.29, 0.717) is 4.47 Å². The van der Waals surface area contributed by atoms with Gasteiger partial charge in [0, 0.05) is 16.7 Å². The van der Waals surface area contributed by atoms with Crippen LogP contribution in [-0.2, 0) is 0 Å². The van der Waals surface area contributed by atoms with E-state index in [-0.39, 0.29) is 5.69 Å². The molecule has 0 aliphatic heterocycles. The number of amides is 1. The third-order valence-corrected chi connectivity index (χ3v) is 1.81. The third kappa shape index (κ3) is 2.03. The second kappa shape index (κ2) is 4.11. The third-order valence-electron chi connectivity index (χ3n) is 1.38. The Hall–Kier alpha value is -1.54. The monoisotopic (exact) mass is 260 g/mol. The summed E-state index contributed by atoms with van der Waals surface area (Å²) in [5, 5.41) is 10.5. The van der Waals surface area contributed by atoms with Crippen molar-refractivity contribution in [2.24, 2.45) is 5.84 Å². The second-order valence-electron chi connectivity index (χ2n) is 2.25. The first-order valence-corrected chi connectivity index (χ1v) is 4.16. The molecule has 0 aliphatic rings. The average Bonchev–Trinajstić information content (AvgIpc) is 2.16. The number of hydrogen-bond donors (Lipinski definition) is 2. The number of carbonyl (C=O) groups is 1. The van der Waals surface area contributed by atoms with Gasteiger partial charge in [-0.25, -0.2) is 10.8 Å². The number of rotatable bonds is 2. The van der Waals surface area contributed by atoms with Gasteiger partial charge in [-0.1, -0.05) is 0 Å². The molecule has 1 aromatic rings. The lowest BCUT2D eigenvalue weighted by Gasteiger charge is -2.00. The van der Waals surface area contributed by atoms with E-state index >= 15 is 0 Å². The molecule has 0 unspecified atom stereocenters. The van der Waals surface area contributed by atoms with Crippen LogP contribution in [-0.4, -0.2) is 15.8 Å². The van der Waals surface area contributed by atoms with Crippen LogP contribution in [0.3, 0.4) is 0 Å². The van der Waals surface area contributed by atoms with Crippen LogP contribution in [0.5, 0.6) is 0 Å². The lowest BCUT2D eigenvalue weighted by molar-refractivity contribution is -0.385. The number of pyridine rings is 1. The van der Waals surface area contributed by atoms with Crippen molar-refractivity contribution in [3.63, 3.8) is 0 Å². The molecule has 0 fully saturated rings. The van der Waals surface area contributed by atoms with Gasteiger partial charge < -0.3 is 0 Å². The Morgan fingerprint density at radius 3 is 2.86 bits per heavy atom. The van der Waals surface area contributed by atoms with Gasteiger partial charge in [0.1, 0.15) is 0 Å². The summed E-state index contributed by atoms with van der Waals surface area (Å²) < 4.78 is 0.415. The van der Waals surface area contributed by atoms with E-state index in [1.807, 2.05) is 0 Å². The standard InChI is InChI=1S/C6H5BrN4O3/c7-3-1-4(11(13)14)5(9-2-3)6(12)10-8/h1-2H,8H2,(H,10,12). The molecule has 0 spiro atoms. The molecule has 0 saturated carbocycles. The van der Waals surface area contributed by atoms with E-state index in [1.54, 1.807) is 5.43 Å². The van der Waals surface area contributed by atoms with Gasteiger partial charge in [0.2, 0.25) is 5.69 Å². The number of nitrogens with one attached hydrogen (secondary N) is 1. The molecule has 8 heteroatoms. The molecule has 0 bridgehead atoms. The predicted molar refractivity (Wildman–Crippen MR) is 50.2 cm³/mol. The van der Waals surface area contributed by atoms with E-state index in [1.165, 1.54) is 12.3 Å². The van der Waals surface area contributed by atoms with Crippen LogP contribution in [0.15, 0.2) is 16.7 Å². The Bertz CT molecular complexity index is 395. The Labute approximate surface area is 86.6 Å². The Morgan fingerprint density at radius 2 is 2.36 bits per heavy atom. The number of nitrogen functional groups attached to an aromatic ring is 1. The van der Waals surface area contributed by atoms with Crippen LogP contribution in [0.2, 0.25) is 0 Å². The van der Waals surface area contributed by atoms with Crippen molar-refractivity contribution in [2.45, 2.75) is 0 Å². The zero-order valence-electron chi connectivity index (χ0n) is 6.73. The van der Waals surface area contributed by atoms with Crippen LogP contribution >= 0.6 is 15.9 Å². The number of carbonyl (C=O) groups excluding carboxylic acids is 1. The molecule has 1 rings (SSSR count). The van der Waals surface area contributed by atoms with E-state index in [2.05, 4.69) is 20.9 Å². The molecule has 1 amide bonds. The summed E-state index contributed by atoms with van der Waals surface area (Å²) in [4.78, 5) is 24.4. The van der Waals surface area contributed by atoms with Gasteiger partial charge in [-0.2, -0.15) is 0 Å². The maximum atomic E-state index is 11.0. The summed E-state index contributed by atoms with van der Waals surface area (Å²) in [5.41, 5.74) is 1.06. The fourth-order valence-electron chi connectivity index (χ4n) is 0.811. The summed E-state index contributed by atoms with van der Waals surface area (Å²) in [6.45, 7) is 0. The van der Waals surface area contributed by atoms with Gasteiger partial charge in [-0.05, 0) is 15.9 Å². The largest absolute Gasteiger partial charge is 0.301 e. The molecule has 1 heterocycles. The van der Waals surface area contributed by atoms with Crippen molar-refractivity contribution in [1.82, 2.24) is 10.4 Å². The fourth-order valence-corrected chi connectivity index (χ4v) is 1.13. The van der Waals surface area contributed by atoms with Crippen molar-refractivity contribution >= 4 is 27.5 Å². The van der Waals surface area contributed by atoms with Crippen molar-refractivity contribution in [1.29, 1.82) is 0 Å². The minimum atomic E-state index is -0.802. The number of aromatic nitrogens is 1. The molecule has 74 valence electrons. The first-order valence-electron chi connectivity index (χ1n) is 3.37. The zero-order chi connectivity index (χ0) is 10.7. The highest BCUT2D eigenvalue weighted by Crippen LogP contribution is 2.20. The van der Waals surface area contributed by atoms with Crippen LogP contribution in [0.25, 0.3) is 0 Å². The first-order chi connectivity index (χ1) is 6.56. The van der Waals surface area contributed by atoms with Gasteiger partial charge in [0.05, 0.1) is 4.92 Å². The number of hydrazine groups is 1. The molecular weight excluding hydrogens is 256 g/mol. The van der Waals surface area contributed by atoms with Crippen LogP contribution in [0.4, 0.5) is 5.69 Å². The number of halogens is 1. The number of nitrogens with zero attached hydrogens (tertiary/aromatic N) is 2. The summed E-state index contributed by atoms with van der Waals surface area (Å²) in [7, 11) is 0. The maximum Gasteiger partial charge on any atom is 0.301 e. The average molecular weight is 261 g/mol. The van der Waals surface area contributed by atoms with E-state index in [0.717, 1.165) is 0 Å².